The molecule has 2 aliphatic carbocycles. The van der Waals surface area contributed by atoms with E-state index >= 15 is 0 Å². The van der Waals surface area contributed by atoms with Crippen LogP contribution in [-0.4, -0.2) is 10.8 Å². The summed E-state index contributed by atoms with van der Waals surface area (Å²) < 4.78 is 0. The summed E-state index contributed by atoms with van der Waals surface area (Å²) in [5, 5.41) is 0. The number of carbonyl (C=O) groups excluding carboxylic acids is 1. The second kappa shape index (κ2) is 8.07. The number of rotatable bonds is 5. The summed E-state index contributed by atoms with van der Waals surface area (Å²) in [5.41, 5.74) is 7.94. The fourth-order valence-corrected chi connectivity index (χ4v) is 5.57. The lowest BCUT2D eigenvalue weighted by Gasteiger charge is -2.44. The second-order valence-electron chi connectivity index (χ2n) is 9.83. The topological polar surface area (TPSA) is 30.0 Å². The summed E-state index contributed by atoms with van der Waals surface area (Å²) in [5.74, 6) is 0.943. The molecule has 0 amide bonds. The van der Waals surface area contributed by atoms with E-state index in [1.54, 1.807) is 0 Å². The number of nitrogens with zero attached hydrogens (tertiary/aromatic N) is 1. The van der Waals surface area contributed by atoms with Crippen LogP contribution in [0.3, 0.4) is 0 Å². The number of Topliss-reactive ketones (excluding diaryl/α,β-unsaturated/α-hetero) is 1. The monoisotopic (exact) mass is 409 g/mol. The van der Waals surface area contributed by atoms with Crippen molar-refractivity contribution in [2.75, 3.05) is 0 Å². The molecule has 2 aromatic carbocycles. The van der Waals surface area contributed by atoms with Crippen LogP contribution in [0.25, 0.3) is 22.4 Å². The van der Waals surface area contributed by atoms with Crippen molar-refractivity contribution in [3.63, 3.8) is 0 Å². The summed E-state index contributed by atoms with van der Waals surface area (Å²) in [6, 6.07) is 21.6. The Morgan fingerprint density at radius 2 is 1.61 bits per heavy atom. The second-order valence-corrected chi connectivity index (χ2v) is 9.83. The van der Waals surface area contributed by atoms with Gasteiger partial charge < -0.3 is 0 Å². The highest BCUT2D eigenvalue weighted by Gasteiger charge is 2.38. The van der Waals surface area contributed by atoms with Crippen LogP contribution in [0.2, 0.25) is 0 Å². The zero-order valence-electron chi connectivity index (χ0n) is 18.7. The Labute approximate surface area is 185 Å². The van der Waals surface area contributed by atoms with Gasteiger partial charge in [-0.25, -0.2) is 0 Å². The zero-order valence-corrected chi connectivity index (χ0v) is 18.7. The normalized spacial score (nSPS) is 17.3. The van der Waals surface area contributed by atoms with Gasteiger partial charge in [-0.3, -0.25) is 9.78 Å². The first-order chi connectivity index (χ1) is 15.1. The minimum atomic E-state index is 0.230. The number of aryl methyl sites for hydroxylation is 1. The van der Waals surface area contributed by atoms with Gasteiger partial charge in [-0.05, 0) is 60.6 Å². The Morgan fingerprint density at radius 1 is 0.871 bits per heavy atom. The van der Waals surface area contributed by atoms with E-state index in [0.717, 1.165) is 46.5 Å². The van der Waals surface area contributed by atoms with Gasteiger partial charge in [0.2, 0.25) is 0 Å². The smallest absolute Gasteiger partial charge is 0.164 e. The van der Waals surface area contributed by atoms with E-state index in [2.05, 4.69) is 68.4 Å². The molecule has 1 aromatic heterocycles. The third-order valence-corrected chi connectivity index (χ3v) is 7.18. The maximum Gasteiger partial charge on any atom is 0.164 e. The summed E-state index contributed by atoms with van der Waals surface area (Å²) in [7, 11) is 0. The fraction of sp³-hybridized carbons (Fsp3) is 0.379. The fourth-order valence-electron chi connectivity index (χ4n) is 5.57. The summed E-state index contributed by atoms with van der Waals surface area (Å²) >= 11 is 0. The molecule has 1 saturated carbocycles. The van der Waals surface area contributed by atoms with Crippen LogP contribution in [0, 0.1) is 5.92 Å². The largest absolute Gasteiger partial charge is 0.294 e. The van der Waals surface area contributed by atoms with Gasteiger partial charge in [0.15, 0.2) is 5.78 Å². The van der Waals surface area contributed by atoms with E-state index in [4.69, 9.17) is 4.98 Å². The lowest BCUT2D eigenvalue weighted by Crippen LogP contribution is -2.35. The van der Waals surface area contributed by atoms with Crippen LogP contribution in [0.4, 0.5) is 0 Å². The molecule has 0 radical (unpaired) electrons. The van der Waals surface area contributed by atoms with E-state index in [-0.39, 0.29) is 5.78 Å². The zero-order chi connectivity index (χ0) is 21.4. The molecule has 3 aromatic rings. The molecule has 0 spiro atoms. The van der Waals surface area contributed by atoms with Crippen molar-refractivity contribution in [2.45, 2.75) is 64.2 Å². The van der Waals surface area contributed by atoms with Crippen molar-refractivity contribution in [1.29, 1.82) is 0 Å². The van der Waals surface area contributed by atoms with Crippen molar-refractivity contribution in [2.24, 2.45) is 5.92 Å². The van der Waals surface area contributed by atoms with Crippen molar-refractivity contribution in [3.05, 3.63) is 77.5 Å². The Balaban J connectivity index is 1.59. The van der Waals surface area contributed by atoms with E-state index in [0.29, 0.717) is 17.8 Å². The third kappa shape index (κ3) is 3.73. The van der Waals surface area contributed by atoms with Gasteiger partial charge in [-0.15, -0.1) is 0 Å². The van der Waals surface area contributed by atoms with Gasteiger partial charge in [0.1, 0.15) is 0 Å². The van der Waals surface area contributed by atoms with Gasteiger partial charge >= 0.3 is 0 Å². The highest BCUT2D eigenvalue weighted by Crippen LogP contribution is 2.48. The molecule has 0 atom stereocenters. The molecular weight excluding hydrogens is 378 g/mol. The van der Waals surface area contributed by atoms with Gasteiger partial charge in [-0.1, -0.05) is 74.9 Å². The molecule has 1 heterocycles. The standard InChI is InChI=1S/C29H31NO/c1-20(2)19-29(16-7-17-29)23-14-12-22(13-15-23)28-24(21-8-4-3-5-9-21)18-25-26(30-28)10-6-11-27(25)31/h3-5,8-9,12-15,18,20H,6-7,10-11,16-17,19H2,1-2H3. The molecule has 158 valence electrons. The number of fused-ring (bicyclic) bond motifs is 1. The lowest BCUT2D eigenvalue weighted by molar-refractivity contribution is 0.0971. The van der Waals surface area contributed by atoms with Crippen LogP contribution < -0.4 is 0 Å². The number of aromatic nitrogens is 1. The average molecular weight is 410 g/mol. The maximum absolute atomic E-state index is 12.6. The summed E-state index contributed by atoms with van der Waals surface area (Å²) in [6.07, 6.45) is 7.64. The molecular formula is C29H31NO. The first kappa shape index (κ1) is 20.2. The van der Waals surface area contributed by atoms with Crippen LogP contribution >= 0.6 is 0 Å². The number of carbonyl (C=O) groups is 1. The lowest BCUT2D eigenvalue weighted by atomic mass is 9.61. The molecule has 0 saturated heterocycles. The van der Waals surface area contributed by atoms with Crippen LogP contribution in [0.5, 0.6) is 0 Å². The van der Waals surface area contributed by atoms with E-state index in [1.807, 2.05) is 6.07 Å². The molecule has 0 aliphatic heterocycles. The van der Waals surface area contributed by atoms with Gasteiger partial charge in [-0.2, -0.15) is 0 Å². The van der Waals surface area contributed by atoms with Crippen molar-refractivity contribution in [1.82, 2.24) is 4.98 Å². The highest BCUT2D eigenvalue weighted by molar-refractivity contribution is 6.00. The van der Waals surface area contributed by atoms with Crippen molar-refractivity contribution in [3.8, 4) is 22.4 Å². The van der Waals surface area contributed by atoms with Crippen LogP contribution in [0.15, 0.2) is 60.7 Å². The molecule has 0 bridgehead atoms. The molecule has 1 fully saturated rings. The Morgan fingerprint density at radius 3 is 2.26 bits per heavy atom. The Bertz CT molecular complexity index is 1090. The predicted octanol–water partition coefficient (Wildman–Crippen LogP) is 7.40. The SMILES string of the molecule is CC(C)CC1(c2ccc(-c3nc4c(cc3-c3ccccc3)C(=O)CCC4)cc2)CCC1. The van der Waals surface area contributed by atoms with E-state index in [1.165, 1.54) is 31.2 Å². The van der Waals surface area contributed by atoms with E-state index < -0.39 is 0 Å². The van der Waals surface area contributed by atoms with Crippen molar-refractivity contribution >= 4 is 5.78 Å². The van der Waals surface area contributed by atoms with Gasteiger partial charge in [0.25, 0.3) is 0 Å². The highest BCUT2D eigenvalue weighted by atomic mass is 16.1. The first-order valence-corrected chi connectivity index (χ1v) is 11.8. The van der Waals surface area contributed by atoms with Crippen LogP contribution in [0.1, 0.15) is 74.0 Å². The van der Waals surface area contributed by atoms with E-state index in [9.17, 15) is 4.79 Å². The first-order valence-electron chi connectivity index (χ1n) is 11.8. The van der Waals surface area contributed by atoms with Crippen molar-refractivity contribution < 1.29 is 4.79 Å². The number of hydrogen-bond acceptors (Lipinski definition) is 2. The quantitative estimate of drug-likeness (QED) is 0.439. The Kier molecular flexibility index (Phi) is 5.25. The minimum absolute atomic E-state index is 0.230. The molecule has 0 N–H and O–H groups in total. The number of pyridine rings is 1. The molecule has 2 aliphatic rings. The summed E-state index contributed by atoms with van der Waals surface area (Å²) in [4.78, 5) is 17.6. The average Bonchev–Trinajstić information content (AvgIpc) is 2.76. The minimum Gasteiger partial charge on any atom is -0.294 e. The Hall–Kier alpha value is -2.74. The third-order valence-electron chi connectivity index (χ3n) is 7.18. The summed E-state index contributed by atoms with van der Waals surface area (Å²) in [6.45, 7) is 4.66. The number of hydrogen-bond donors (Lipinski definition) is 0. The van der Waals surface area contributed by atoms with Gasteiger partial charge in [0, 0.05) is 23.1 Å². The molecule has 0 unspecified atom stereocenters. The molecule has 5 rings (SSSR count). The maximum atomic E-state index is 12.6. The van der Waals surface area contributed by atoms with Crippen LogP contribution in [-0.2, 0) is 11.8 Å². The molecule has 2 nitrogen and oxygen atoms in total. The van der Waals surface area contributed by atoms with Gasteiger partial charge in [0.05, 0.1) is 11.4 Å². The molecule has 31 heavy (non-hydrogen) atoms. The number of ketones is 1. The predicted molar refractivity (Wildman–Crippen MR) is 127 cm³/mol. The molecule has 2 heteroatoms. The number of benzene rings is 2.